The van der Waals surface area contributed by atoms with Gasteiger partial charge in [0.15, 0.2) is 0 Å². The van der Waals surface area contributed by atoms with Crippen LogP contribution in [0.25, 0.3) is 0 Å². The summed E-state index contributed by atoms with van der Waals surface area (Å²) in [5.41, 5.74) is 0. The van der Waals surface area contributed by atoms with Crippen molar-refractivity contribution in [1.29, 1.82) is 0 Å². The van der Waals surface area contributed by atoms with E-state index in [1.165, 1.54) is 0 Å². The number of methoxy groups -OCH3 is 1. The molecule has 0 atom stereocenters. The van der Waals surface area contributed by atoms with E-state index in [1.54, 1.807) is 7.11 Å². The second-order valence-corrected chi connectivity index (χ2v) is 4.35. The van der Waals surface area contributed by atoms with Crippen molar-refractivity contribution in [3.8, 4) is 0 Å². The van der Waals surface area contributed by atoms with Crippen LogP contribution in [-0.4, -0.2) is 48.8 Å². The molecule has 4 nitrogen and oxygen atoms in total. The molecule has 0 unspecified atom stereocenters. The first kappa shape index (κ1) is 16.4. The number of hydrogen-bond donors (Lipinski definition) is 1. The average Bonchev–Trinajstić information content (AvgIpc) is 2.31. The molecule has 0 amide bonds. The van der Waals surface area contributed by atoms with Crippen LogP contribution < -0.4 is 0 Å². The zero-order valence-electron chi connectivity index (χ0n) is 11.4. The minimum Gasteiger partial charge on any atom is -0.481 e. The molecule has 0 aromatic rings. The maximum absolute atomic E-state index is 10.4. The van der Waals surface area contributed by atoms with Crippen LogP contribution in [0.4, 0.5) is 0 Å². The Hall–Kier alpha value is -0.610. The van der Waals surface area contributed by atoms with E-state index in [9.17, 15) is 4.79 Å². The summed E-state index contributed by atoms with van der Waals surface area (Å²) in [5, 5.41) is 8.59. The molecule has 0 aromatic carbocycles. The van der Waals surface area contributed by atoms with E-state index in [0.717, 1.165) is 45.4 Å². The number of nitrogens with zero attached hydrogens (tertiary/aromatic N) is 1. The summed E-state index contributed by atoms with van der Waals surface area (Å²) in [5.74, 6) is -0.698. The van der Waals surface area contributed by atoms with Gasteiger partial charge in [-0.15, -0.1) is 0 Å². The van der Waals surface area contributed by atoms with Gasteiger partial charge in [-0.3, -0.25) is 9.69 Å². The first-order valence-electron chi connectivity index (χ1n) is 6.60. The molecule has 0 bridgehead atoms. The predicted molar refractivity (Wildman–Crippen MR) is 69.3 cm³/mol. The second kappa shape index (κ2) is 10.5. The SMILES string of the molecule is CCC(CC)N(CCCCC(=O)O)CCOC. The highest BCUT2D eigenvalue weighted by Gasteiger charge is 2.14. The lowest BCUT2D eigenvalue weighted by Crippen LogP contribution is -2.37. The molecule has 0 heterocycles. The predicted octanol–water partition coefficient (Wildman–Crippen LogP) is 2.38. The Balaban J connectivity index is 3.95. The Morgan fingerprint density at radius 3 is 2.35 bits per heavy atom. The molecule has 17 heavy (non-hydrogen) atoms. The van der Waals surface area contributed by atoms with Gasteiger partial charge in [-0.1, -0.05) is 13.8 Å². The fourth-order valence-electron chi connectivity index (χ4n) is 2.08. The third-order valence-corrected chi connectivity index (χ3v) is 3.13. The molecule has 0 aliphatic carbocycles. The highest BCUT2D eigenvalue weighted by molar-refractivity contribution is 5.66. The normalized spacial score (nSPS) is 11.4. The molecule has 1 N–H and O–H groups in total. The van der Waals surface area contributed by atoms with Gasteiger partial charge in [-0.05, 0) is 32.2 Å². The van der Waals surface area contributed by atoms with Crippen molar-refractivity contribution in [2.45, 2.75) is 52.0 Å². The lowest BCUT2D eigenvalue weighted by atomic mass is 10.1. The first-order valence-corrected chi connectivity index (χ1v) is 6.60. The molecule has 0 aliphatic heterocycles. The van der Waals surface area contributed by atoms with E-state index >= 15 is 0 Å². The van der Waals surface area contributed by atoms with E-state index in [4.69, 9.17) is 9.84 Å². The molecule has 102 valence electrons. The fraction of sp³-hybridized carbons (Fsp3) is 0.923. The molecule has 0 saturated heterocycles. The van der Waals surface area contributed by atoms with Crippen molar-refractivity contribution in [2.24, 2.45) is 0 Å². The minimum atomic E-state index is -0.698. The van der Waals surface area contributed by atoms with E-state index < -0.39 is 5.97 Å². The van der Waals surface area contributed by atoms with Gasteiger partial charge in [0, 0.05) is 26.1 Å². The minimum absolute atomic E-state index is 0.279. The van der Waals surface area contributed by atoms with E-state index in [2.05, 4.69) is 18.7 Å². The van der Waals surface area contributed by atoms with Gasteiger partial charge in [0.25, 0.3) is 0 Å². The highest BCUT2D eigenvalue weighted by Crippen LogP contribution is 2.10. The third-order valence-electron chi connectivity index (χ3n) is 3.13. The number of aliphatic carboxylic acids is 1. The number of carboxylic acids is 1. The maximum atomic E-state index is 10.4. The molecule has 0 saturated carbocycles. The van der Waals surface area contributed by atoms with E-state index in [0.29, 0.717) is 6.04 Å². The van der Waals surface area contributed by atoms with Gasteiger partial charge < -0.3 is 9.84 Å². The Bertz CT molecular complexity index is 193. The van der Waals surface area contributed by atoms with Crippen molar-refractivity contribution < 1.29 is 14.6 Å². The van der Waals surface area contributed by atoms with Gasteiger partial charge in [0.05, 0.1) is 6.61 Å². The Morgan fingerprint density at radius 1 is 1.24 bits per heavy atom. The summed E-state index contributed by atoms with van der Waals surface area (Å²) in [4.78, 5) is 12.9. The number of unbranched alkanes of at least 4 members (excludes halogenated alkanes) is 1. The van der Waals surface area contributed by atoms with E-state index in [1.807, 2.05) is 0 Å². The lowest BCUT2D eigenvalue weighted by molar-refractivity contribution is -0.137. The van der Waals surface area contributed by atoms with Crippen molar-refractivity contribution >= 4 is 5.97 Å². The second-order valence-electron chi connectivity index (χ2n) is 4.35. The molecule has 0 fully saturated rings. The van der Waals surface area contributed by atoms with Crippen LogP contribution in [0.15, 0.2) is 0 Å². The van der Waals surface area contributed by atoms with Crippen LogP contribution in [0.3, 0.4) is 0 Å². The van der Waals surface area contributed by atoms with Gasteiger partial charge in [-0.25, -0.2) is 0 Å². The largest absolute Gasteiger partial charge is 0.481 e. The summed E-state index contributed by atoms with van der Waals surface area (Å²) in [6, 6.07) is 0.593. The zero-order chi connectivity index (χ0) is 13.1. The number of hydrogen-bond acceptors (Lipinski definition) is 3. The van der Waals surface area contributed by atoms with Crippen LogP contribution in [0.5, 0.6) is 0 Å². The highest BCUT2D eigenvalue weighted by atomic mass is 16.5. The van der Waals surface area contributed by atoms with Crippen molar-refractivity contribution in [1.82, 2.24) is 4.90 Å². The van der Waals surface area contributed by atoms with E-state index in [-0.39, 0.29) is 6.42 Å². The van der Waals surface area contributed by atoms with Crippen LogP contribution >= 0.6 is 0 Å². The molecule has 0 radical (unpaired) electrons. The summed E-state index contributed by atoms with van der Waals surface area (Å²) in [7, 11) is 1.72. The molecule has 0 rings (SSSR count). The van der Waals surface area contributed by atoms with Gasteiger partial charge in [0.2, 0.25) is 0 Å². The van der Waals surface area contributed by atoms with Gasteiger partial charge in [0.1, 0.15) is 0 Å². The molecular weight excluding hydrogens is 218 g/mol. The molecular formula is C13H27NO3. The van der Waals surface area contributed by atoms with Crippen LogP contribution in [0.1, 0.15) is 46.0 Å². The summed E-state index contributed by atoms with van der Waals surface area (Å²) in [6.45, 7) is 7.06. The Kier molecular flexibility index (Phi) is 10.2. The lowest BCUT2D eigenvalue weighted by Gasteiger charge is -2.30. The third kappa shape index (κ3) is 8.16. The fourth-order valence-corrected chi connectivity index (χ4v) is 2.08. The molecule has 0 aliphatic rings. The van der Waals surface area contributed by atoms with Crippen LogP contribution in [0, 0.1) is 0 Å². The first-order chi connectivity index (χ1) is 8.15. The number of carboxylic acid groups (broad SMARTS) is 1. The van der Waals surface area contributed by atoms with Crippen molar-refractivity contribution in [3.05, 3.63) is 0 Å². The monoisotopic (exact) mass is 245 g/mol. The number of carbonyl (C=O) groups is 1. The zero-order valence-corrected chi connectivity index (χ0v) is 11.4. The summed E-state index contributed by atoms with van der Waals surface area (Å²) >= 11 is 0. The standard InChI is InChI=1S/C13H27NO3/c1-4-12(5-2)14(10-11-17-3)9-7-6-8-13(15)16/h12H,4-11H2,1-3H3,(H,15,16). The number of rotatable bonds is 11. The van der Waals surface area contributed by atoms with Crippen molar-refractivity contribution in [3.63, 3.8) is 0 Å². The van der Waals surface area contributed by atoms with Crippen LogP contribution in [0.2, 0.25) is 0 Å². The smallest absolute Gasteiger partial charge is 0.303 e. The number of ether oxygens (including phenoxy) is 1. The topological polar surface area (TPSA) is 49.8 Å². The molecule has 4 heteroatoms. The van der Waals surface area contributed by atoms with Crippen molar-refractivity contribution in [2.75, 3.05) is 26.8 Å². The Morgan fingerprint density at radius 2 is 1.88 bits per heavy atom. The van der Waals surface area contributed by atoms with Gasteiger partial charge >= 0.3 is 5.97 Å². The summed E-state index contributed by atoms with van der Waals surface area (Å²) in [6.07, 6.45) is 4.27. The average molecular weight is 245 g/mol. The quantitative estimate of drug-likeness (QED) is 0.568. The van der Waals surface area contributed by atoms with Gasteiger partial charge in [-0.2, -0.15) is 0 Å². The maximum Gasteiger partial charge on any atom is 0.303 e. The molecule has 0 aromatic heterocycles. The van der Waals surface area contributed by atoms with Crippen LogP contribution in [-0.2, 0) is 9.53 Å². The Labute approximate surface area is 105 Å². The molecule has 0 spiro atoms. The summed E-state index contributed by atoms with van der Waals surface area (Å²) < 4.78 is 5.12.